The number of carbonyl (C=O) groups excluding carboxylic acids is 2. The first kappa shape index (κ1) is 21.1. The molecule has 31 heavy (non-hydrogen) atoms. The van der Waals surface area contributed by atoms with E-state index in [0.29, 0.717) is 37.6 Å². The molecule has 0 aliphatic carbocycles. The number of hydrogen-bond acceptors (Lipinski definition) is 7. The summed E-state index contributed by atoms with van der Waals surface area (Å²) in [5, 5.41) is 11.3. The quantitative estimate of drug-likeness (QED) is 0.395. The van der Waals surface area contributed by atoms with Crippen LogP contribution in [0.5, 0.6) is 0 Å². The Labute approximate surface area is 183 Å². The van der Waals surface area contributed by atoms with Crippen molar-refractivity contribution in [1.29, 1.82) is 0 Å². The molecule has 2 amide bonds. The molecule has 2 aliphatic heterocycles. The van der Waals surface area contributed by atoms with Crippen LogP contribution in [0.1, 0.15) is 16.7 Å². The van der Waals surface area contributed by atoms with Crippen molar-refractivity contribution in [2.24, 2.45) is 0 Å². The number of rotatable bonds is 5. The van der Waals surface area contributed by atoms with E-state index in [1.807, 2.05) is 36.1 Å². The van der Waals surface area contributed by atoms with Crippen LogP contribution in [-0.2, 0) is 16.1 Å². The minimum absolute atomic E-state index is 0.0328. The summed E-state index contributed by atoms with van der Waals surface area (Å²) in [4.78, 5) is 39.8. The third-order valence-electron chi connectivity index (χ3n) is 5.18. The molecule has 0 bridgehead atoms. The molecule has 4 rings (SSSR count). The van der Waals surface area contributed by atoms with Gasteiger partial charge in [-0.2, -0.15) is 0 Å². The van der Waals surface area contributed by atoms with Crippen molar-refractivity contribution < 1.29 is 19.2 Å². The molecule has 2 aromatic rings. The van der Waals surface area contributed by atoms with Crippen LogP contribution in [0.25, 0.3) is 6.08 Å². The van der Waals surface area contributed by atoms with Crippen molar-refractivity contribution in [2.75, 3.05) is 31.2 Å². The van der Waals surface area contributed by atoms with Crippen LogP contribution < -0.4 is 4.90 Å². The minimum atomic E-state index is -0.425. The van der Waals surface area contributed by atoms with Gasteiger partial charge in [-0.15, -0.1) is 0 Å². The highest BCUT2D eigenvalue weighted by Gasteiger charge is 2.35. The lowest BCUT2D eigenvalue weighted by atomic mass is 10.1. The van der Waals surface area contributed by atoms with Gasteiger partial charge in [0.25, 0.3) is 16.8 Å². The Kier molecular flexibility index (Phi) is 6.06. The Hall–Kier alpha value is -3.17. The molecule has 160 valence electrons. The topological polar surface area (TPSA) is 93.0 Å². The molecule has 0 unspecified atom stereocenters. The first-order valence-corrected chi connectivity index (χ1v) is 10.7. The van der Waals surface area contributed by atoms with Gasteiger partial charge in [0.2, 0.25) is 0 Å². The second-order valence-corrected chi connectivity index (χ2v) is 8.35. The predicted octanol–water partition coefficient (Wildman–Crippen LogP) is 3.98. The van der Waals surface area contributed by atoms with Gasteiger partial charge in [0.15, 0.2) is 0 Å². The highest BCUT2D eigenvalue weighted by atomic mass is 32.2. The lowest BCUT2D eigenvalue weighted by Crippen LogP contribution is -2.36. The average molecular weight is 439 g/mol. The van der Waals surface area contributed by atoms with Gasteiger partial charge in [-0.1, -0.05) is 35.9 Å². The summed E-state index contributed by atoms with van der Waals surface area (Å²) in [6.07, 6.45) is 1.54. The van der Waals surface area contributed by atoms with Gasteiger partial charge < -0.3 is 9.64 Å². The number of aryl methyl sites for hydroxylation is 1. The fourth-order valence-electron chi connectivity index (χ4n) is 3.51. The Bertz CT molecular complexity index is 1060. The van der Waals surface area contributed by atoms with Gasteiger partial charge in [-0.3, -0.25) is 24.6 Å². The number of morpholine rings is 1. The second-order valence-electron chi connectivity index (χ2n) is 7.36. The SMILES string of the molecule is Cc1ccc(CN2C(=O)S/C(=C\c3ccc(N4CCOCC4)c([N+](=O)[O-])c3)C2=O)cc1. The van der Waals surface area contributed by atoms with Crippen molar-refractivity contribution in [1.82, 2.24) is 4.90 Å². The molecular formula is C22H21N3O5S. The van der Waals surface area contributed by atoms with E-state index < -0.39 is 10.8 Å². The zero-order valence-electron chi connectivity index (χ0n) is 16.9. The number of ether oxygens (including phenoxy) is 1. The lowest BCUT2D eigenvalue weighted by Gasteiger charge is -2.28. The molecule has 0 atom stereocenters. The Morgan fingerprint density at radius 1 is 1.13 bits per heavy atom. The standard InChI is InChI=1S/C22H21N3O5S/c1-15-2-4-16(5-3-15)14-24-21(26)20(31-22(24)27)13-17-6-7-18(19(12-17)25(28)29)23-8-10-30-11-9-23/h2-7,12-13H,8-11,14H2,1H3/b20-13-. The molecule has 8 nitrogen and oxygen atoms in total. The molecule has 9 heteroatoms. The first-order chi connectivity index (χ1) is 14.9. The first-order valence-electron chi connectivity index (χ1n) is 9.84. The Morgan fingerprint density at radius 3 is 2.52 bits per heavy atom. The van der Waals surface area contributed by atoms with Crippen LogP contribution >= 0.6 is 11.8 Å². The van der Waals surface area contributed by atoms with E-state index in [0.717, 1.165) is 22.9 Å². The molecule has 2 heterocycles. The smallest absolute Gasteiger partial charge is 0.293 e. The molecule has 2 aromatic carbocycles. The Morgan fingerprint density at radius 2 is 1.84 bits per heavy atom. The van der Waals surface area contributed by atoms with Gasteiger partial charge in [-0.25, -0.2) is 0 Å². The van der Waals surface area contributed by atoms with E-state index in [1.165, 1.54) is 17.0 Å². The molecule has 0 spiro atoms. The highest BCUT2D eigenvalue weighted by molar-refractivity contribution is 8.18. The number of imide groups is 1. The second kappa shape index (κ2) is 8.91. The van der Waals surface area contributed by atoms with Crippen molar-refractivity contribution >= 4 is 40.4 Å². The molecular weight excluding hydrogens is 418 g/mol. The molecule has 0 N–H and O–H groups in total. The highest BCUT2D eigenvalue weighted by Crippen LogP contribution is 2.35. The van der Waals surface area contributed by atoms with Crippen molar-refractivity contribution in [2.45, 2.75) is 13.5 Å². The van der Waals surface area contributed by atoms with E-state index in [2.05, 4.69) is 0 Å². The summed E-state index contributed by atoms with van der Waals surface area (Å²) >= 11 is 0.847. The number of nitro benzene ring substituents is 1. The zero-order chi connectivity index (χ0) is 22.0. The van der Waals surface area contributed by atoms with Gasteiger partial charge in [-0.05, 0) is 42.0 Å². The van der Waals surface area contributed by atoms with Gasteiger partial charge in [0.1, 0.15) is 5.69 Å². The number of hydrogen-bond donors (Lipinski definition) is 0. The van der Waals surface area contributed by atoms with Crippen LogP contribution in [0, 0.1) is 17.0 Å². The summed E-state index contributed by atoms with van der Waals surface area (Å²) in [6.45, 7) is 4.37. The molecule has 2 fully saturated rings. The summed E-state index contributed by atoms with van der Waals surface area (Å²) in [7, 11) is 0. The van der Waals surface area contributed by atoms with Gasteiger partial charge in [0, 0.05) is 19.2 Å². The van der Waals surface area contributed by atoms with Crippen LogP contribution in [0.4, 0.5) is 16.2 Å². The average Bonchev–Trinajstić information content (AvgIpc) is 3.03. The van der Waals surface area contributed by atoms with E-state index >= 15 is 0 Å². The molecule has 0 saturated carbocycles. The monoisotopic (exact) mass is 439 g/mol. The lowest BCUT2D eigenvalue weighted by molar-refractivity contribution is -0.384. The van der Waals surface area contributed by atoms with Crippen molar-refractivity contribution in [3.05, 3.63) is 74.2 Å². The van der Waals surface area contributed by atoms with Crippen LogP contribution in [-0.4, -0.2) is 47.3 Å². The van der Waals surface area contributed by atoms with Crippen LogP contribution in [0.3, 0.4) is 0 Å². The summed E-state index contributed by atoms with van der Waals surface area (Å²) in [6, 6.07) is 12.5. The third kappa shape index (κ3) is 4.62. The van der Waals surface area contributed by atoms with Gasteiger partial charge >= 0.3 is 0 Å². The third-order valence-corrected chi connectivity index (χ3v) is 6.09. The summed E-state index contributed by atoms with van der Waals surface area (Å²) in [5.74, 6) is -0.393. The number of amides is 2. The maximum atomic E-state index is 12.8. The fraction of sp³-hybridized carbons (Fsp3) is 0.273. The van der Waals surface area contributed by atoms with E-state index in [-0.39, 0.29) is 22.4 Å². The predicted molar refractivity (Wildman–Crippen MR) is 119 cm³/mol. The van der Waals surface area contributed by atoms with E-state index in [9.17, 15) is 19.7 Å². The number of carbonyl (C=O) groups is 2. The normalized spacial score (nSPS) is 18.2. The van der Waals surface area contributed by atoms with Crippen LogP contribution in [0.2, 0.25) is 0 Å². The van der Waals surface area contributed by atoms with Crippen LogP contribution in [0.15, 0.2) is 47.4 Å². The Balaban J connectivity index is 1.57. The number of anilines is 1. The number of benzene rings is 2. The molecule has 0 radical (unpaired) electrons. The maximum Gasteiger partial charge on any atom is 0.293 e. The molecule has 2 saturated heterocycles. The zero-order valence-corrected chi connectivity index (χ0v) is 17.8. The molecule has 0 aromatic heterocycles. The van der Waals surface area contributed by atoms with Crippen molar-refractivity contribution in [3.63, 3.8) is 0 Å². The number of thioether (sulfide) groups is 1. The minimum Gasteiger partial charge on any atom is -0.378 e. The molecule has 2 aliphatic rings. The number of nitrogens with zero attached hydrogens (tertiary/aromatic N) is 3. The van der Waals surface area contributed by atoms with E-state index in [4.69, 9.17) is 4.74 Å². The fourth-order valence-corrected chi connectivity index (χ4v) is 4.35. The number of nitro groups is 1. The van der Waals surface area contributed by atoms with Gasteiger partial charge in [0.05, 0.1) is 29.6 Å². The maximum absolute atomic E-state index is 12.8. The van der Waals surface area contributed by atoms with E-state index in [1.54, 1.807) is 12.1 Å². The largest absolute Gasteiger partial charge is 0.378 e. The summed E-state index contributed by atoms with van der Waals surface area (Å²) < 4.78 is 5.32. The summed E-state index contributed by atoms with van der Waals surface area (Å²) in [5.41, 5.74) is 2.96. The van der Waals surface area contributed by atoms with Crippen molar-refractivity contribution in [3.8, 4) is 0 Å².